The monoisotopic (exact) mass is 202 g/mol. The van der Waals surface area contributed by atoms with Crippen molar-refractivity contribution in [3.8, 4) is 5.75 Å². The Morgan fingerprint density at radius 1 is 1.21 bits per heavy atom. The van der Waals surface area contributed by atoms with Crippen LogP contribution in [0.4, 0.5) is 8.78 Å². The molecule has 0 unspecified atom stereocenters. The van der Waals surface area contributed by atoms with E-state index in [1.165, 1.54) is 12.1 Å². The van der Waals surface area contributed by atoms with Gasteiger partial charge in [0, 0.05) is 6.61 Å². The molecule has 0 saturated carbocycles. The number of benzene rings is 1. The van der Waals surface area contributed by atoms with Crippen LogP contribution in [0.25, 0.3) is 0 Å². The van der Waals surface area contributed by atoms with Crippen LogP contribution in [0.2, 0.25) is 0 Å². The third-order valence-electron chi connectivity index (χ3n) is 1.73. The summed E-state index contributed by atoms with van der Waals surface area (Å²) in [5.41, 5.74) is 0. The topological polar surface area (TPSA) is 29.5 Å². The number of aliphatic hydroxyl groups is 1. The summed E-state index contributed by atoms with van der Waals surface area (Å²) < 4.78 is 30.6. The number of hydrogen-bond donors (Lipinski definition) is 1. The van der Waals surface area contributed by atoms with Gasteiger partial charge in [-0.2, -0.15) is 4.39 Å². The highest BCUT2D eigenvalue weighted by Crippen LogP contribution is 2.19. The SMILES string of the molecule is OCCCCOc1cccc(F)c1F. The molecule has 14 heavy (non-hydrogen) atoms. The molecule has 0 aromatic heterocycles. The zero-order valence-corrected chi connectivity index (χ0v) is 7.67. The molecule has 0 fully saturated rings. The molecule has 0 heterocycles. The quantitative estimate of drug-likeness (QED) is 0.741. The largest absolute Gasteiger partial charge is 0.490 e. The van der Waals surface area contributed by atoms with Gasteiger partial charge in [-0.05, 0) is 25.0 Å². The van der Waals surface area contributed by atoms with Crippen LogP contribution < -0.4 is 4.74 Å². The number of aliphatic hydroxyl groups excluding tert-OH is 1. The first kappa shape index (κ1) is 10.9. The van der Waals surface area contributed by atoms with Crippen LogP contribution in [-0.2, 0) is 0 Å². The number of rotatable bonds is 5. The summed E-state index contributed by atoms with van der Waals surface area (Å²) >= 11 is 0. The standard InChI is InChI=1S/C10H12F2O2/c11-8-4-3-5-9(10(8)12)14-7-2-1-6-13/h3-5,13H,1-2,6-7H2. The molecule has 0 aliphatic carbocycles. The van der Waals surface area contributed by atoms with Crippen molar-refractivity contribution in [2.24, 2.45) is 0 Å². The minimum absolute atomic E-state index is 0.0784. The summed E-state index contributed by atoms with van der Waals surface area (Å²) in [6.45, 7) is 0.357. The fourth-order valence-electron chi connectivity index (χ4n) is 0.991. The van der Waals surface area contributed by atoms with E-state index in [0.717, 1.165) is 6.07 Å². The molecule has 0 saturated heterocycles. The van der Waals surface area contributed by atoms with Crippen LogP contribution in [0.1, 0.15) is 12.8 Å². The summed E-state index contributed by atoms with van der Waals surface area (Å²) in [6.07, 6.45) is 1.21. The Labute approximate surface area is 81.1 Å². The van der Waals surface area contributed by atoms with Gasteiger partial charge in [0.05, 0.1) is 6.61 Å². The number of ether oxygens (including phenoxy) is 1. The van der Waals surface area contributed by atoms with E-state index in [1.807, 2.05) is 0 Å². The molecule has 78 valence electrons. The summed E-state index contributed by atoms with van der Waals surface area (Å²) in [5.74, 6) is -1.95. The van der Waals surface area contributed by atoms with Crippen molar-refractivity contribution < 1.29 is 18.6 Å². The third-order valence-corrected chi connectivity index (χ3v) is 1.73. The van der Waals surface area contributed by atoms with Crippen molar-refractivity contribution in [3.05, 3.63) is 29.8 Å². The molecule has 2 nitrogen and oxygen atoms in total. The maximum absolute atomic E-state index is 13.0. The van der Waals surface area contributed by atoms with E-state index in [0.29, 0.717) is 12.8 Å². The Morgan fingerprint density at radius 2 is 2.00 bits per heavy atom. The summed E-state index contributed by atoms with van der Waals surface area (Å²) in [6, 6.07) is 3.80. The molecule has 0 aliphatic rings. The number of unbranched alkanes of at least 4 members (excludes halogenated alkanes) is 1. The zero-order chi connectivity index (χ0) is 10.4. The van der Waals surface area contributed by atoms with Gasteiger partial charge in [-0.25, -0.2) is 4.39 Å². The Hall–Kier alpha value is -1.16. The van der Waals surface area contributed by atoms with Gasteiger partial charge in [-0.15, -0.1) is 0 Å². The van der Waals surface area contributed by atoms with Crippen molar-refractivity contribution in [3.63, 3.8) is 0 Å². The van der Waals surface area contributed by atoms with Crippen LogP contribution in [0, 0.1) is 11.6 Å². The van der Waals surface area contributed by atoms with Crippen molar-refractivity contribution in [1.82, 2.24) is 0 Å². The molecule has 1 aromatic carbocycles. The van der Waals surface area contributed by atoms with Gasteiger partial charge in [-0.1, -0.05) is 6.07 Å². The highest BCUT2D eigenvalue weighted by molar-refractivity contribution is 5.24. The fourth-order valence-corrected chi connectivity index (χ4v) is 0.991. The average molecular weight is 202 g/mol. The molecule has 4 heteroatoms. The fraction of sp³-hybridized carbons (Fsp3) is 0.400. The second kappa shape index (κ2) is 5.54. The first-order chi connectivity index (χ1) is 6.75. The van der Waals surface area contributed by atoms with Crippen LogP contribution in [0.3, 0.4) is 0 Å². The van der Waals surface area contributed by atoms with Crippen LogP contribution >= 0.6 is 0 Å². The lowest BCUT2D eigenvalue weighted by atomic mass is 10.3. The third kappa shape index (κ3) is 2.96. The average Bonchev–Trinajstić information content (AvgIpc) is 2.19. The maximum Gasteiger partial charge on any atom is 0.200 e. The molecule has 0 atom stereocenters. The second-order valence-electron chi connectivity index (χ2n) is 2.83. The minimum atomic E-state index is -0.962. The molecular weight excluding hydrogens is 190 g/mol. The van der Waals surface area contributed by atoms with Gasteiger partial charge in [-0.3, -0.25) is 0 Å². The van der Waals surface area contributed by atoms with Crippen LogP contribution in [-0.4, -0.2) is 18.3 Å². The normalized spacial score (nSPS) is 10.2. The van der Waals surface area contributed by atoms with Gasteiger partial charge in [0.25, 0.3) is 0 Å². The molecule has 1 rings (SSSR count). The first-order valence-corrected chi connectivity index (χ1v) is 4.43. The highest BCUT2D eigenvalue weighted by atomic mass is 19.2. The Bertz CT molecular complexity index is 289. The lowest BCUT2D eigenvalue weighted by Crippen LogP contribution is -2.01. The van der Waals surface area contributed by atoms with E-state index in [9.17, 15) is 8.78 Å². The first-order valence-electron chi connectivity index (χ1n) is 4.43. The Balaban J connectivity index is 2.46. The summed E-state index contributed by atoms with van der Waals surface area (Å²) in [7, 11) is 0. The molecular formula is C10H12F2O2. The van der Waals surface area contributed by atoms with Gasteiger partial charge in [0.2, 0.25) is 5.82 Å². The van der Waals surface area contributed by atoms with Gasteiger partial charge < -0.3 is 9.84 Å². The molecule has 0 amide bonds. The van der Waals surface area contributed by atoms with Crippen LogP contribution in [0.15, 0.2) is 18.2 Å². The predicted octanol–water partition coefficient (Wildman–Crippen LogP) is 2.12. The van der Waals surface area contributed by atoms with Gasteiger partial charge in [0.15, 0.2) is 11.6 Å². The minimum Gasteiger partial charge on any atom is -0.490 e. The van der Waals surface area contributed by atoms with Crippen molar-refractivity contribution in [2.75, 3.05) is 13.2 Å². The molecule has 0 radical (unpaired) electrons. The van der Waals surface area contributed by atoms with E-state index in [1.54, 1.807) is 0 Å². The predicted molar refractivity (Wildman–Crippen MR) is 48.2 cm³/mol. The van der Waals surface area contributed by atoms with E-state index >= 15 is 0 Å². The lowest BCUT2D eigenvalue weighted by Gasteiger charge is -2.06. The number of halogens is 2. The smallest absolute Gasteiger partial charge is 0.200 e. The van der Waals surface area contributed by atoms with E-state index in [4.69, 9.17) is 9.84 Å². The molecule has 0 aliphatic heterocycles. The van der Waals surface area contributed by atoms with Gasteiger partial charge in [0.1, 0.15) is 0 Å². The van der Waals surface area contributed by atoms with E-state index in [-0.39, 0.29) is 19.0 Å². The highest BCUT2D eigenvalue weighted by Gasteiger charge is 2.07. The Kier molecular flexibility index (Phi) is 4.32. The number of hydrogen-bond acceptors (Lipinski definition) is 2. The van der Waals surface area contributed by atoms with Crippen molar-refractivity contribution >= 4 is 0 Å². The molecule has 1 N–H and O–H groups in total. The summed E-state index contributed by atoms with van der Waals surface area (Å²) in [4.78, 5) is 0. The maximum atomic E-state index is 13.0. The second-order valence-corrected chi connectivity index (χ2v) is 2.83. The molecule has 0 bridgehead atoms. The van der Waals surface area contributed by atoms with Crippen LogP contribution in [0.5, 0.6) is 5.75 Å². The van der Waals surface area contributed by atoms with E-state index < -0.39 is 11.6 Å². The summed E-state index contributed by atoms with van der Waals surface area (Å²) in [5, 5.41) is 8.47. The van der Waals surface area contributed by atoms with Gasteiger partial charge >= 0.3 is 0 Å². The van der Waals surface area contributed by atoms with Crippen molar-refractivity contribution in [2.45, 2.75) is 12.8 Å². The van der Waals surface area contributed by atoms with E-state index in [2.05, 4.69) is 0 Å². The lowest BCUT2D eigenvalue weighted by molar-refractivity contribution is 0.246. The van der Waals surface area contributed by atoms with Crippen molar-refractivity contribution in [1.29, 1.82) is 0 Å². The molecule has 1 aromatic rings. The molecule has 0 spiro atoms. The Morgan fingerprint density at radius 3 is 2.71 bits per heavy atom. The zero-order valence-electron chi connectivity index (χ0n) is 7.67.